The third kappa shape index (κ3) is 4.50. The van der Waals surface area contributed by atoms with E-state index in [0.717, 1.165) is 50.8 Å². The average Bonchev–Trinajstić information content (AvgIpc) is 3.31. The summed E-state index contributed by atoms with van der Waals surface area (Å²) < 4.78 is 44.3. The van der Waals surface area contributed by atoms with Gasteiger partial charge in [0.05, 0.1) is 18.7 Å². The largest absolute Gasteiger partial charge is 0.416 e. The zero-order chi connectivity index (χ0) is 19.7. The Morgan fingerprint density at radius 3 is 2.82 bits per heavy atom. The first kappa shape index (κ1) is 19.7. The number of likely N-dealkylation sites (tertiary alicyclic amines) is 1. The molecule has 0 saturated carbocycles. The highest BCUT2D eigenvalue weighted by Crippen LogP contribution is 2.32. The maximum absolute atomic E-state index is 12.9. The fourth-order valence-corrected chi connectivity index (χ4v) is 4.45. The summed E-state index contributed by atoms with van der Waals surface area (Å²) in [6.45, 7) is 4.68. The first-order valence-corrected chi connectivity index (χ1v) is 9.91. The van der Waals surface area contributed by atoms with E-state index >= 15 is 0 Å². The van der Waals surface area contributed by atoms with Crippen LogP contribution in [0, 0.1) is 0 Å². The molecule has 1 aromatic rings. The molecule has 0 bridgehead atoms. The smallest absolute Gasteiger partial charge is 0.380 e. The molecule has 2 unspecified atom stereocenters. The number of nitrogens with zero attached hydrogens (tertiary/aromatic N) is 2. The van der Waals surface area contributed by atoms with Crippen LogP contribution in [0.15, 0.2) is 18.2 Å². The van der Waals surface area contributed by atoms with Crippen LogP contribution in [-0.4, -0.2) is 67.2 Å². The molecule has 5 nitrogen and oxygen atoms in total. The third-order valence-electron chi connectivity index (χ3n) is 6.00. The molecule has 1 amide bonds. The molecule has 2 atom stereocenters. The van der Waals surface area contributed by atoms with Crippen LogP contribution < -0.4 is 5.32 Å². The molecular formula is C20H26F3N3O2. The van der Waals surface area contributed by atoms with Gasteiger partial charge in [-0.1, -0.05) is 6.07 Å². The van der Waals surface area contributed by atoms with Crippen molar-refractivity contribution in [2.45, 2.75) is 44.1 Å². The van der Waals surface area contributed by atoms with Gasteiger partial charge < -0.3 is 10.1 Å². The van der Waals surface area contributed by atoms with Gasteiger partial charge in [-0.05, 0) is 42.5 Å². The number of alkyl halides is 3. The Hall–Kier alpha value is -1.64. The van der Waals surface area contributed by atoms with Crippen molar-refractivity contribution in [1.82, 2.24) is 15.1 Å². The molecule has 0 aliphatic carbocycles. The predicted molar refractivity (Wildman–Crippen MR) is 97.8 cm³/mol. The molecule has 3 aliphatic rings. The van der Waals surface area contributed by atoms with Crippen molar-refractivity contribution in [3.8, 4) is 0 Å². The number of carbonyl (C=O) groups is 1. The van der Waals surface area contributed by atoms with E-state index in [2.05, 4.69) is 10.2 Å². The molecule has 1 N–H and O–H groups in total. The second-order valence-electron chi connectivity index (χ2n) is 8.01. The lowest BCUT2D eigenvalue weighted by Gasteiger charge is -2.29. The van der Waals surface area contributed by atoms with Crippen LogP contribution >= 0.6 is 0 Å². The first-order valence-electron chi connectivity index (χ1n) is 9.91. The number of rotatable bonds is 4. The Morgan fingerprint density at radius 1 is 1.21 bits per heavy atom. The number of hydrogen-bond acceptors (Lipinski definition) is 4. The number of hydrogen-bond donors (Lipinski definition) is 1. The Labute approximate surface area is 162 Å². The summed E-state index contributed by atoms with van der Waals surface area (Å²) in [5, 5.41) is 3.10. The van der Waals surface area contributed by atoms with Crippen LogP contribution in [0.4, 0.5) is 13.2 Å². The Bertz CT molecular complexity index is 719. The zero-order valence-corrected chi connectivity index (χ0v) is 15.8. The van der Waals surface area contributed by atoms with Gasteiger partial charge in [-0.2, -0.15) is 13.2 Å². The maximum atomic E-state index is 12.9. The Balaban J connectivity index is 1.29. The highest BCUT2D eigenvalue weighted by Gasteiger charge is 2.33. The standard InChI is InChI=1S/C20H26F3N3O2/c21-20(22,23)16-2-1-14-3-6-25(10-15(14)9-16)12-19(27)24-17-4-7-26(11-17)18-5-8-28-13-18/h1-2,9,17-18H,3-8,10-13H2,(H,24,27). The minimum absolute atomic E-state index is 0.0510. The van der Waals surface area contributed by atoms with E-state index in [4.69, 9.17) is 4.74 Å². The van der Waals surface area contributed by atoms with Gasteiger partial charge in [0, 0.05) is 44.9 Å². The Kier molecular flexibility index (Phi) is 5.62. The minimum atomic E-state index is -4.34. The van der Waals surface area contributed by atoms with Crippen molar-refractivity contribution in [2.75, 3.05) is 39.4 Å². The number of ether oxygens (including phenoxy) is 1. The average molecular weight is 397 g/mol. The summed E-state index contributed by atoms with van der Waals surface area (Å²) in [6, 6.07) is 4.53. The van der Waals surface area contributed by atoms with E-state index in [0.29, 0.717) is 31.1 Å². The number of benzene rings is 1. The predicted octanol–water partition coefficient (Wildman–Crippen LogP) is 2.04. The number of nitrogens with one attached hydrogen (secondary N) is 1. The van der Waals surface area contributed by atoms with Crippen molar-refractivity contribution in [3.63, 3.8) is 0 Å². The number of fused-ring (bicyclic) bond motifs is 1. The van der Waals surface area contributed by atoms with E-state index in [9.17, 15) is 18.0 Å². The number of amides is 1. The molecule has 2 saturated heterocycles. The third-order valence-corrected chi connectivity index (χ3v) is 6.00. The molecule has 0 radical (unpaired) electrons. The molecule has 3 heterocycles. The molecule has 1 aromatic carbocycles. The summed E-state index contributed by atoms with van der Waals surface area (Å²) in [7, 11) is 0. The molecular weight excluding hydrogens is 371 g/mol. The summed E-state index contributed by atoms with van der Waals surface area (Å²) in [6.07, 6.45) is -1.69. The SMILES string of the molecule is O=C(CN1CCc2ccc(C(F)(F)F)cc2C1)NC1CCN(C2CCOC2)C1. The first-order chi connectivity index (χ1) is 13.4. The summed E-state index contributed by atoms with van der Waals surface area (Å²) in [5.74, 6) is -0.0510. The lowest BCUT2D eigenvalue weighted by Crippen LogP contribution is -2.45. The Morgan fingerprint density at radius 2 is 2.07 bits per heavy atom. The minimum Gasteiger partial charge on any atom is -0.380 e. The van der Waals surface area contributed by atoms with Gasteiger partial charge in [-0.15, -0.1) is 0 Å². The van der Waals surface area contributed by atoms with Crippen LogP contribution in [0.2, 0.25) is 0 Å². The van der Waals surface area contributed by atoms with Crippen molar-refractivity contribution in [2.24, 2.45) is 0 Å². The summed E-state index contributed by atoms with van der Waals surface area (Å²) in [5.41, 5.74) is 0.983. The van der Waals surface area contributed by atoms with Gasteiger partial charge >= 0.3 is 6.18 Å². The van der Waals surface area contributed by atoms with Gasteiger partial charge in [0.25, 0.3) is 0 Å². The molecule has 4 rings (SSSR count). The zero-order valence-electron chi connectivity index (χ0n) is 15.8. The number of halogens is 3. The lowest BCUT2D eigenvalue weighted by molar-refractivity contribution is -0.137. The molecule has 0 spiro atoms. The van der Waals surface area contributed by atoms with Gasteiger partial charge in [0.2, 0.25) is 5.91 Å². The van der Waals surface area contributed by atoms with Crippen LogP contribution in [0.25, 0.3) is 0 Å². The normalized spacial score (nSPS) is 26.4. The fourth-order valence-electron chi connectivity index (χ4n) is 4.45. The van der Waals surface area contributed by atoms with Gasteiger partial charge in [-0.3, -0.25) is 14.6 Å². The van der Waals surface area contributed by atoms with Gasteiger partial charge in [0.15, 0.2) is 0 Å². The number of carbonyl (C=O) groups excluding carboxylic acids is 1. The van der Waals surface area contributed by atoms with Gasteiger partial charge in [0.1, 0.15) is 0 Å². The van der Waals surface area contributed by atoms with Gasteiger partial charge in [-0.25, -0.2) is 0 Å². The molecule has 8 heteroatoms. The quantitative estimate of drug-likeness (QED) is 0.845. The highest BCUT2D eigenvalue weighted by molar-refractivity contribution is 5.78. The molecule has 2 fully saturated rings. The fraction of sp³-hybridized carbons (Fsp3) is 0.650. The van der Waals surface area contributed by atoms with E-state index in [-0.39, 0.29) is 18.5 Å². The van der Waals surface area contributed by atoms with E-state index in [1.54, 1.807) is 6.07 Å². The lowest BCUT2D eigenvalue weighted by atomic mass is 9.97. The van der Waals surface area contributed by atoms with Crippen molar-refractivity contribution in [3.05, 3.63) is 34.9 Å². The second kappa shape index (κ2) is 8.00. The van der Waals surface area contributed by atoms with Crippen LogP contribution in [-0.2, 0) is 28.7 Å². The van der Waals surface area contributed by atoms with Crippen molar-refractivity contribution in [1.29, 1.82) is 0 Å². The van der Waals surface area contributed by atoms with Crippen molar-refractivity contribution >= 4 is 5.91 Å². The topological polar surface area (TPSA) is 44.8 Å². The van der Waals surface area contributed by atoms with Crippen LogP contribution in [0.1, 0.15) is 29.5 Å². The molecule has 3 aliphatic heterocycles. The summed E-state index contributed by atoms with van der Waals surface area (Å²) in [4.78, 5) is 16.8. The van der Waals surface area contributed by atoms with E-state index < -0.39 is 11.7 Å². The van der Waals surface area contributed by atoms with Crippen molar-refractivity contribution < 1.29 is 22.7 Å². The van der Waals surface area contributed by atoms with E-state index in [1.807, 2.05) is 4.90 Å². The summed E-state index contributed by atoms with van der Waals surface area (Å²) >= 11 is 0. The highest BCUT2D eigenvalue weighted by atomic mass is 19.4. The molecule has 28 heavy (non-hydrogen) atoms. The molecule has 154 valence electrons. The van der Waals surface area contributed by atoms with E-state index in [1.165, 1.54) is 6.07 Å². The maximum Gasteiger partial charge on any atom is 0.416 e. The van der Waals surface area contributed by atoms with Crippen LogP contribution in [0.5, 0.6) is 0 Å². The second-order valence-corrected chi connectivity index (χ2v) is 8.01. The monoisotopic (exact) mass is 397 g/mol. The molecule has 0 aromatic heterocycles. The van der Waals surface area contributed by atoms with Crippen LogP contribution in [0.3, 0.4) is 0 Å².